The zero-order valence-corrected chi connectivity index (χ0v) is 13.9. The molecular formula is C18H22O3S. The highest BCUT2D eigenvalue weighted by Gasteiger charge is 2.15. The van der Waals surface area contributed by atoms with E-state index in [0.717, 1.165) is 24.8 Å². The van der Waals surface area contributed by atoms with Gasteiger partial charge in [-0.15, -0.1) is 11.3 Å². The highest BCUT2D eigenvalue weighted by molar-refractivity contribution is 7.17. The first-order valence-corrected chi connectivity index (χ1v) is 8.66. The zero-order valence-electron chi connectivity index (χ0n) is 13.1. The molecule has 0 spiro atoms. The predicted octanol–water partition coefficient (Wildman–Crippen LogP) is 5.05. The Morgan fingerprint density at radius 3 is 2.82 bits per heavy atom. The summed E-state index contributed by atoms with van der Waals surface area (Å²) in [6.07, 6.45) is 2.97. The van der Waals surface area contributed by atoms with Crippen molar-refractivity contribution >= 4 is 33.2 Å². The van der Waals surface area contributed by atoms with Crippen molar-refractivity contribution in [2.24, 2.45) is 0 Å². The molecule has 0 amide bonds. The van der Waals surface area contributed by atoms with Crippen LogP contribution in [-0.4, -0.2) is 11.8 Å². The van der Waals surface area contributed by atoms with E-state index in [4.69, 9.17) is 4.74 Å². The number of hydrogen-bond donors (Lipinski definition) is 0. The lowest BCUT2D eigenvalue weighted by molar-refractivity contribution is -0.150. The Morgan fingerprint density at radius 2 is 2.05 bits per heavy atom. The van der Waals surface area contributed by atoms with Gasteiger partial charge in [0, 0.05) is 11.1 Å². The van der Waals surface area contributed by atoms with Gasteiger partial charge in [0.1, 0.15) is 18.3 Å². The number of thiophene rings is 1. The SMILES string of the molecule is CCCCCC(=O)CC(=O)OC(C)c1ccc2ccsc2c1. The molecule has 0 aliphatic carbocycles. The van der Waals surface area contributed by atoms with E-state index in [1.807, 2.05) is 30.5 Å². The van der Waals surface area contributed by atoms with Gasteiger partial charge in [0.25, 0.3) is 0 Å². The van der Waals surface area contributed by atoms with Crippen LogP contribution in [0.5, 0.6) is 0 Å². The molecule has 0 radical (unpaired) electrons. The van der Waals surface area contributed by atoms with Gasteiger partial charge in [-0.1, -0.05) is 31.9 Å². The number of hydrogen-bond acceptors (Lipinski definition) is 4. The van der Waals surface area contributed by atoms with Crippen LogP contribution in [0.4, 0.5) is 0 Å². The molecule has 3 nitrogen and oxygen atoms in total. The van der Waals surface area contributed by atoms with Crippen molar-refractivity contribution in [2.75, 3.05) is 0 Å². The number of carbonyl (C=O) groups excluding carboxylic acids is 2. The van der Waals surface area contributed by atoms with E-state index in [0.29, 0.717) is 6.42 Å². The first-order chi connectivity index (χ1) is 10.6. The standard InChI is InChI=1S/C18H22O3S/c1-3-4-5-6-16(19)12-18(20)21-13(2)15-8-7-14-9-10-22-17(14)11-15/h7-11,13H,3-6,12H2,1-2H3. The normalized spacial score (nSPS) is 12.3. The molecule has 0 N–H and O–H groups in total. The van der Waals surface area contributed by atoms with Crippen LogP contribution in [0.25, 0.3) is 10.1 Å². The second-order valence-electron chi connectivity index (χ2n) is 5.52. The summed E-state index contributed by atoms with van der Waals surface area (Å²) in [5.74, 6) is -0.459. The molecule has 1 atom stereocenters. The lowest BCUT2D eigenvalue weighted by atomic mass is 10.1. The molecule has 1 unspecified atom stereocenters. The second kappa shape index (κ2) is 8.08. The molecule has 0 aliphatic rings. The number of ether oxygens (including phenoxy) is 1. The summed E-state index contributed by atoms with van der Waals surface area (Å²) in [6.45, 7) is 3.93. The minimum atomic E-state index is -0.430. The fourth-order valence-corrected chi connectivity index (χ4v) is 3.19. The molecule has 4 heteroatoms. The highest BCUT2D eigenvalue weighted by atomic mass is 32.1. The molecule has 0 saturated carbocycles. The third kappa shape index (κ3) is 4.67. The van der Waals surface area contributed by atoms with Crippen LogP contribution < -0.4 is 0 Å². The number of fused-ring (bicyclic) bond motifs is 1. The Hall–Kier alpha value is -1.68. The Labute approximate surface area is 135 Å². The third-order valence-corrected chi connectivity index (χ3v) is 4.54. The maximum absolute atomic E-state index is 11.8. The molecule has 1 heterocycles. The van der Waals surface area contributed by atoms with Crippen LogP contribution in [-0.2, 0) is 14.3 Å². The van der Waals surface area contributed by atoms with E-state index in [-0.39, 0.29) is 18.3 Å². The smallest absolute Gasteiger partial charge is 0.313 e. The maximum Gasteiger partial charge on any atom is 0.313 e. The van der Waals surface area contributed by atoms with Crippen molar-refractivity contribution in [3.8, 4) is 0 Å². The van der Waals surface area contributed by atoms with Gasteiger partial charge in [-0.05, 0) is 41.8 Å². The number of rotatable bonds is 8. The molecule has 118 valence electrons. The van der Waals surface area contributed by atoms with Gasteiger partial charge < -0.3 is 4.74 Å². The van der Waals surface area contributed by atoms with Crippen molar-refractivity contribution in [3.05, 3.63) is 35.2 Å². The van der Waals surface area contributed by atoms with Gasteiger partial charge >= 0.3 is 5.97 Å². The molecule has 0 bridgehead atoms. The molecule has 1 aromatic carbocycles. The minimum Gasteiger partial charge on any atom is -0.457 e. The highest BCUT2D eigenvalue weighted by Crippen LogP contribution is 2.26. The van der Waals surface area contributed by atoms with E-state index in [9.17, 15) is 9.59 Å². The fourth-order valence-electron chi connectivity index (χ4n) is 2.35. The molecular weight excluding hydrogens is 296 g/mol. The molecule has 0 saturated heterocycles. The summed E-state index contributed by atoms with van der Waals surface area (Å²) >= 11 is 1.67. The van der Waals surface area contributed by atoms with Gasteiger partial charge in [0.2, 0.25) is 0 Å². The van der Waals surface area contributed by atoms with E-state index in [1.54, 1.807) is 11.3 Å². The summed E-state index contributed by atoms with van der Waals surface area (Å²) in [4.78, 5) is 23.5. The second-order valence-corrected chi connectivity index (χ2v) is 6.47. The first kappa shape index (κ1) is 16.7. The van der Waals surface area contributed by atoms with Crippen molar-refractivity contribution in [1.82, 2.24) is 0 Å². The average Bonchev–Trinajstić information content (AvgIpc) is 2.94. The largest absolute Gasteiger partial charge is 0.457 e. The monoisotopic (exact) mass is 318 g/mol. The molecule has 0 fully saturated rings. The number of unbranched alkanes of at least 4 members (excludes halogenated alkanes) is 2. The summed E-state index contributed by atoms with van der Waals surface area (Å²) < 4.78 is 6.56. The van der Waals surface area contributed by atoms with Gasteiger partial charge in [0.15, 0.2) is 0 Å². The van der Waals surface area contributed by atoms with Crippen molar-refractivity contribution in [1.29, 1.82) is 0 Å². The number of benzene rings is 1. The lowest BCUT2D eigenvalue weighted by Crippen LogP contribution is -2.13. The van der Waals surface area contributed by atoms with E-state index >= 15 is 0 Å². The summed E-state index contributed by atoms with van der Waals surface area (Å²) in [7, 11) is 0. The fraction of sp³-hybridized carbons (Fsp3) is 0.444. The molecule has 2 rings (SSSR count). The van der Waals surface area contributed by atoms with Crippen molar-refractivity contribution in [2.45, 2.75) is 52.1 Å². The number of carbonyl (C=O) groups is 2. The van der Waals surface area contributed by atoms with Crippen molar-refractivity contribution in [3.63, 3.8) is 0 Å². The zero-order chi connectivity index (χ0) is 15.9. The maximum atomic E-state index is 11.8. The Morgan fingerprint density at radius 1 is 1.23 bits per heavy atom. The predicted molar refractivity (Wildman–Crippen MR) is 90.1 cm³/mol. The summed E-state index contributed by atoms with van der Waals surface area (Å²) in [5.41, 5.74) is 0.960. The van der Waals surface area contributed by atoms with Crippen LogP contribution in [0.1, 0.15) is 57.6 Å². The number of ketones is 1. The van der Waals surface area contributed by atoms with E-state index < -0.39 is 5.97 Å². The molecule has 22 heavy (non-hydrogen) atoms. The van der Waals surface area contributed by atoms with Crippen LogP contribution in [0.2, 0.25) is 0 Å². The topological polar surface area (TPSA) is 43.4 Å². The van der Waals surface area contributed by atoms with E-state index in [1.165, 1.54) is 10.1 Å². The third-order valence-electron chi connectivity index (χ3n) is 3.66. The van der Waals surface area contributed by atoms with Gasteiger partial charge in [-0.2, -0.15) is 0 Å². The van der Waals surface area contributed by atoms with Gasteiger partial charge in [-0.25, -0.2) is 0 Å². The van der Waals surface area contributed by atoms with Crippen LogP contribution in [0, 0.1) is 0 Å². The number of Topliss-reactive ketones (excluding diaryl/α,β-unsaturated/α-hetero) is 1. The Bertz CT molecular complexity index is 645. The summed E-state index contributed by atoms with van der Waals surface area (Å²) in [5, 5.41) is 3.23. The minimum absolute atomic E-state index is 0.0284. The summed E-state index contributed by atoms with van der Waals surface area (Å²) in [6, 6.07) is 8.11. The van der Waals surface area contributed by atoms with E-state index in [2.05, 4.69) is 13.0 Å². The lowest BCUT2D eigenvalue weighted by Gasteiger charge is -2.13. The van der Waals surface area contributed by atoms with Gasteiger partial charge in [-0.3, -0.25) is 9.59 Å². The molecule has 0 aliphatic heterocycles. The first-order valence-electron chi connectivity index (χ1n) is 7.78. The Kier molecular flexibility index (Phi) is 6.13. The molecule has 2 aromatic rings. The molecule has 1 aromatic heterocycles. The average molecular weight is 318 g/mol. The quantitative estimate of drug-likeness (QED) is 0.389. The Balaban J connectivity index is 1.86. The van der Waals surface area contributed by atoms with Crippen LogP contribution >= 0.6 is 11.3 Å². The number of esters is 1. The van der Waals surface area contributed by atoms with Crippen LogP contribution in [0.3, 0.4) is 0 Å². The van der Waals surface area contributed by atoms with Gasteiger partial charge in [0.05, 0.1) is 0 Å². The van der Waals surface area contributed by atoms with Crippen LogP contribution in [0.15, 0.2) is 29.6 Å². The van der Waals surface area contributed by atoms with Crippen molar-refractivity contribution < 1.29 is 14.3 Å².